The van der Waals surface area contributed by atoms with Gasteiger partial charge in [0.05, 0.1) is 17.9 Å². The zero-order valence-electron chi connectivity index (χ0n) is 14.2. The number of benzene rings is 1. The van der Waals surface area contributed by atoms with E-state index in [1.54, 1.807) is 0 Å². The highest BCUT2D eigenvalue weighted by Crippen LogP contribution is 2.31. The lowest BCUT2D eigenvalue weighted by molar-refractivity contribution is 0.311. The molecular weight excluding hydrogens is 260 g/mol. The molecule has 0 aliphatic carbocycles. The maximum atomic E-state index is 5.74. The number of likely N-dealkylation sites (N-methyl/N-ethyl adjacent to an activating group) is 1. The molecule has 0 N–H and O–H groups in total. The normalized spacial score (nSPS) is 14.9. The number of allylic oxidation sites excluding steroid dienone is 2. The van der Waals surface area contributed by atoms with Crippen LogP contribution in [0.1, 0.15) is 39.7 Å². The van der Waals surface area contributed by atoms with Crippen LogP contribution in [-0.4, -0.2) is 33.0 Å². The maximum absolute atomic E-state index is 5.74. The molecule has 0 fully saturated rings. The van der Waals surface area contributed by atoms with Gasteiger partial charge < -0.3 is 9.64 Å². The first kappa shape index (κ1) is 17.3. The molecule has 0 saturated carbocycles. The highest BCUT2D eigenvalue weighted by Gasteiger charge is 2.15. The second-order valence-corrected chi connectivity index (χ2v) is 4.91. The fraction of sp³-hybridized carbons (Fsp3) is 0.500. The van der Waals surface area contributed by atoms with Crippen molar-refractivity contribution >= 4 is 11.4 Å². The number of hydrogen-bond acceptors (Lipinski definition) is 3. The fourth-order valence-electron chi connectivity index (χ4n) is 2.13. The molecule has 21 heavy (non-hydrogen) atoms. The van der Waals surface area contributed by atoms with Crippen LogP contribution in [0.2, 0.25) is 0 Å². The zero-order chi connectivity index (χ0) is 15.8. The SMILES string of the molecule is CC.CC/C(C)=C\C(=NC)c1ccc2c(c1)OCCN2C. The number of fused-ring (bicyclic) bond motifs is 1. The Kier molecular flexibility index (Phi) is 7.00. The number of aliphatic imine (C=N–C) groups is 1. The summed E-state index contributed by atoms with van der Waals surface area (Å²) in [7, 11) is 3.93. The van der Waals surface area contributed by atoms with Crippen LogP contribution in [0.4, 0.5) is 5.69 Å². The van der Waals surface area contributed by atoms with Crippen LogP contribution in [0.3, 0.4) is 0 Å². The van der Waals surface area contributed by atoms with E-state index in [0.717, 1.165) is 42.3 Å². The molecule has 3 nitrogen and oxygen atoms in total. The fourth-order valence-corrected chi connectivity index (χ4v) is 2.13. The zero-order valence-corrected chi connectivity index (χ0v) is 14.2. The summed E-state index contributed by atoms with van der Waals surface area (Å²) in [6.07, 6.45) is 3.19. The van der Waals surface area contributed by atoms with Gasteiger partial charge in [-0.25, -0.2) is 0 Å². The van der Waals surface area contributed by atoms with Crippen molar-refractivity contribution < 1.29 is 4.74 Å². The Balaban J connectivity index is 0.00000106. The first-order chi connectivity index (χ1) is 10.2. The number of anilines is 1. The molecule has 0 unspecified atom stereocenters. The number of nitrogens with zero attached hydrogens (tertiary/aromatic N) is 2. The standard InChI is InChI=1S/C16H22N2O.C2H6/c1-5-12(2)10-14(17-3)13-6-7-15-16(11-13)19-9-8-18(15)4;1-2/h6-7,10-11H,5,8-9H2,1-4H3;1-2H3/b12-10-,17-14?;. The predicted molar refractivity (Wildman–Crippen MR) is 93.1 cm³/mol. The van der Waals surface area contributed by atoms with E-state index in [-0.39, 0.29) is 0 Å². The first-order valence-electron chi connectivity index (χ1n) is 7.78. The molecule has 1 aromatic carbocycles. The van der Waals surface area contributed by atoms with Crippen LogP contribution in [0.25, 0.3) is 0 Å². The van der Waals surface area contributed by atoms with Crippen LogP contribution in [0, 0.1) is 0 Å². The molecule has 0 amide bonds. The number of rotatable bonds is 3. The Morgan fingerprint density at radius 3 is 2.71 bits per heavy atom. The smallest absolute Gasteiger partial charge is 0.143 e. The molecule has 0 atom stereocenters. The Bertz CT molecular complexity index is 518. The van der Waals surface area contributed by atoms with Crippen molar-refractivity contribution in [3.63, 3.8) is 0 Å². The summed E-state index contributed by atoms with van der Waals surface area (Å²) in [5.41, 5.74) is 4.61. The maximum Gasteiger partial charge on any atom is 0.143 e. The van der Waals surface area contributed by atoms with E-state index >= 15 is 0 Å². The van der Waals surface area contributed by atoms with E-state index in [1.807, 2.05) is 20.9 Å². The van der Waals surface area contributed by atoms with Gasteiger partial charge in [-0.05, 0) is 31.6 Å². The third kappa shape index (κ3) is 4.35. The lowest BCUT2D eigenvalue weighted by Crippen LogP contribution is -2.28. The van der Waals surface area contributed by atoms with Crippen molar-refractivity contribution in [2.45, 2.75) is 34.1 Å². The van der Waals surface area contributed by atoms with Crippen LogP contribution < -0.4 is 9.64 Å². The quantitative estimate of drug-likeness (QED) is 0.774. The second kappa shape index (κ2) is 8.50. The highest BCUT2D eigenvalue weighted by atomic mass is 16.5. The predicted octanol–water partition coefficient (Wildman–Crippen LogP) is 4.32. The molecule has 1 aliphatic heterocycles. The summed E-state index contributed by atoms with van der Waals surface area (Å²) in [6.45, 7) is 9.98. The summed E-state index contributed by atoms with van der Waals surface area (Å²) in [4.78, 5) is 6.61. The van der Waals surface area contributed by atoms with Crippen LogP contribution in [0.15, 0.2) is 34.8 Å². The van der Waals surface area contributed by atoms with E-state index in [1.165, 1.54) is 5.57 Å². The summed E-state index contributed by atoms with van der Waals surface area (Å²) >= 11 is 0. The van der Waals surface area contributed by atoms with Gasteiger partial charge in [0, 0.05) is 19.7 Å². The average Bonchev–Trinajstić information content (AvgIpc) is 2.54. The Labute approximate surface area is 129 Å². The number of hydrogen-bond donors (Lipinski definition) is 0. The molecule has 0 bridgehead atoms. The first-order valence-corrected chi connectivity index (χ1v) is 7.78. The highest BCUT2D eigenvalue weighted by molar-refractivity contribution is 6.09. The minimum absolute atomic E-state index is 0.745. The third-order valence-corrected chi connectivity index (χ3v) is 3.53. The van der Waals surface area contributed by atoms with E-state index in [9.17, 15) is 0 Å². The third-order valence-electron chi connectivity index (χ3n) is 3.53. The largest absolute Gasteiger partial charge is 0.490 e. The molecule has 1 heterocycles. The molecule has 1 aromatic rings. The van der Waals surface area contributed by atoms with Gasteiger partial charge in [0.25, 0.3) is 0 Å². The van der Waals surface area contributed by atoms with Crippen LogP contribution >= 0.6 is 0 Å². The van der Waals surface area contributed by atoms with Gasteiger partial charge in [-0.15, -0.1) is 0 Å². The Hall–Kier alpha value is -1.77. The molecule has 116 valence electrons. The van der Waals surface area contributed by atoms with Gasteiger partial charge in [-0.2, -0.15) is 0 Å². The van der Waals surface area contributed by atoms with Crippen LogP contribution in [0.5, 0.6) is 5.75 Å². The topological polar surface area (TPSA) is 24.8 Å². The van der Waals surface area contributed by atoms with Gasteiger partial charge >= 0.3 is 0 Å². The molecule has 3 heteroatoms. The van der Waals surface area contributed by atoms with Gasteiger partial charge in [0.15, 0.2) is 0 Å². The van der Waals surface area contributed by atoms with E-state index in [4.69, 9.17) is 4.74 Å². The molecule has 2 rings (SSSR count). The summed E-state index contributed by atoms with van der Waals surface area (Å²) in [5, 5.41) is 0. The van der Waals surface area contributed by atoms with Crippen molar-refractivity contribution in [2.24, 2.45) is 4.99 Å². The number of ether oxygens (including phenoxy) is 1. The lowest BCUT2D eigenvalue weighted by atomic mass is 10.0. The molecule has 1 aliphatic rings. The molecule has 0 spiro atoms. The minimum Gasteiger partial charge on any atom is -0.490 e. The van der Waals surface area contributed by atoms with Gasteiger partial charge in [-0.3, -0.25) is 4.99 Å². The molecule has 0 aromatic heterocycles. The van der Waals surface area contributed by atoms with E-state index < -0.39 is 0 Å². The van der Waals surface area contributed by atoms with Crippen molar-refractivity contribution in [1.82, 2.24) is 0 Å². The van der Waals surface area contributed by atoms with Crippen molar-refractivity contribution in [3.8, 4) is 5.75 Å². The summed E-state index contributed by atoms with van der Waals surface area (Å²) in [5.74, 6) is 0.954. The monoisotopic (exact) mass is 288 g/mol. The summed E-state index contributed by atoms with van der Waals surface area (Å²) in [6, 6.07) is 6.32. The molecule has 0 radical (unpaired) electrons. The Morgan fingerprint density at radius 2 is 2.10 bits per heavy atom. The van der Waals surface area contributed by atoms with Gasteiger partial charge in [0.2, 0.25) is 0 Å². The Morgan fingerprint density at radius 1 is 1.38 bits per heavy atom. The van der Waals surface area contributed by atoms with E-state index in [0.29, 0.717) is 0 Å². The van der Waals surface area contributed by atoms with Crippen molar-refractivity contribution in [2.75, 3.05) is 32.1 Å². The molecule has 0 saturated heterocycles. The lowest BCUT2D eigenvalue weighted by Gasteiger charge is -2.28. The second-order valence-electron chi connectivity index (χ2n) is 4.91. The van der Waals surface area contributed by atoms with Crippen molar-refractivity contribution in [1.29, 1.82) is 0 Å². The average molecular weight is 288 g/mol. The molecular formula is C18H28N2O. The van der Waals surface area contributed by atoms with Crippen LogP contribution in [-0.2, 0) is 0 Å². The van der Waals surface area contributed by atoms with Crippen molar-refractivity contribution in [3.05, 3.63) is 35.4 Å². The van der Waals surface area contributed by atoms with Gasteiger partial charge in [0.1, 0.15) is 12.4 Å². The summed E-state index contributed by atoms with van der Waals surface area (Å²) < 4.78 is 5.74. The van der Waals surface area contributed by atoms with Gasteiger partial charge in [-0.1, -0.05) is 32.4 Å². The minimum atomic E-state index is 0.745. The van der Waals surface area contributed by atoms with E-state index in [2.05, 4.69) is 55.1 Å².